The molecule has 0 heterocycles. The minimum atomic E-state index is -5.97. The molecule has 0 spiro atoms. The molecule has 0 amide bonds. The number of rotatable bonds is 4. The second-order valence-corrected chi connectivity index (χ2v) is 6.57. The zero-order valence-corrected chi connectivity index (χ0v) is 10.6. The van der Waals surface area contributed by atoms with Crippen LogP contribution in [0.2, 0.25) is 0 Å². The molecule has 2 saturated carbocycles. The van der Waals surface area contributed by atoms with Crippen LogP contribution in [0.1, 0.15) is 25.7 Å². The molecule has 0 saturated heterocycles. The highest BCUT2D eigenvalue weighted by molar-refractivity contribution is 7.86. The van der Waals surface area contributed by atoms with Crippen LogP contribution in [0, 0.1) is 17.8 Å². The highest BCUT2D eigenvalue weighted by atomic mass is 32.2. The minimum absolute atomic E-state index is 0.0101. The maximum atomic E-state index is 13.1. The first kappa shape index (κ1) is 14.6. The van der Waals surface area contributed by atoms with E-state index < -0.39 is 33.6 Å². The summed E-state index contributed by atoms with van der Waals surface area (Å²) in [6.07, 6.45) is -0.752. The van der Waals surface area contributed by atoms with Crippen molar-refractivity contribution in [1.82, 2.24) is 0 Å². The summed E-state index contributed by atoms with van der Waals surface area (Å²) in [5.74, 6) is -1.51. The Morgan fingerprint density at radius 2 is 1.95 bits per heavy atom. The lowest BCUT2D eigenvalue weighted by Gasteiger charge is -2.23. The Hall–Kier alpha value is -0.830. The van der Waals surface area contributed by atoms with Crippen LogP contribution < -0.4 is 0 Å². The van der Waals surface area contributed by atoms with Crippen molar-refractivity contribution in [2.24, 2.45) is 17.8 Å². The number of ether oxygens (including phenoxy) is 1. The van der Waals surface area contributed by atoms with Crippen molar-refractivity contribution in [1.29, 1.82) is 0 Å². The third-order valence-electron chi connectivity index (χ3n) is 3.87. The Bertz CT molecular complexity index is 478. The van der Waals surface area contributed by atoms with Crippen LogP contribution in [-0.2, 0) is 19.6 Å². The number of hydrogen-bond acceptors (Lipinski definition) is 4. The molecular weight excluding hydrogens is 289 g/mol. The lowest BCUT2D eigenvalue weighted by atomic mass is 9.89. The Balaban J connectivity index is 2.00. The number of halogens is 3. The third kappa shape index (κ3) is 2.58. The molecule has 4 unspecified atom stereocenters. The predicted octanol–water partition coefficient (Wildman–Crippen LogP) is 1.74. The van der Waals surface area contributed by atoms with Gasteiger partial charge in [0.05, 0.1) is 5.92 Å². The van der Waals surface area contributed by atoms with Gasteiger partial charge in [0.1, 0.15) is 0 Å². The molecule has 2 aliphatic rings. The fourth-order valence-electron chi connectivity index (χ4n) is 2.91. The summed E-state index contributed by atoms with van der Waals surface area (Å²) in [5, 5.41) is -5.15. The van der Waals surface area contributed by atoms with Gasteiger partial charge in [-0.2, -0.15) is 21.6 Å². The molecule has 0 aromatic rings. The molecule has 0 aromatic carbocycles. The molecular formula is C10H13F3O5S. The summed E-state index contributed by atoms with van der Waals surface area (Å²) in [6, 6.07) is 0. The number of fused-ring (bicyclic) bond motifs is 2. The molecule has 2 bridgehead atoms. The van der Waals surface area contributed by atoms with E-state index in [2.05, 4.69) is 4.74 Å². The molecule has 2 rings (SSSR count). The van der Waals surface area contributed by atoms with Gasteiger partial charge in [-0.3, -0.25) is 9.35 Å². The standard InChI is InChI=1S/C10H13F3O5S/c11-9(10(12,13)19(15,16)17)18-8(14)7-4-5-1-2-6(7)3-5/h5-7,9H,1-4H2,(H,15,16,17). The molecule has 0 aliphatic heterocycles. The normalized spacial score (nSPS) is 32.3. The van der Waals surface area contributed by atoms with Crippen molar-refractivity contribution >= 4 is 16.1 Å². The van der Waals surface area contributed by atoms with E-state index in [4.69, 9.17) is 4.55 Å². The van der Waals surface area contributed by atoms with E-state index in [0.717, 1.165) is 19.3 Å². The fourth-order valence-corrected chi connectivity index (χ4v) is 3.19. The maximum Gasteiger partial charge on any atom is 0.435 e. The van der Waals surface area contributed by atoms with Gasteiger partial charge in [0.2, 0.25) is 0 Å². The molecule has 5 nitrogen and oxygen atoms in total. The van der Waals surface area contributed by atoms with E-state index in [0.29, 0.717) is 12.3 Å². The lowest BCUT2D eigenvalue weighted by Crippen LogP contribution is -2.42. The summed E-state index contributed by atoms with van der Waals surface area (Å²) in [5.41, 5.74) is 0. The highest BCUT2D eigenvalue weighted by Crippen LogP contribution is 2.49. The van der Waals surface area contributed by atoms with Crippen molar-refractivity contribution in [3.05, 3.63) is 0 Å². The lowest BCUT2D eigenvalue weighted by molar-refractivity contribution is -0.188. The number of carbonyl (C=O) groups excluding carboxylic acids is 1. The monoisotopic (exact) mass is 302 g/mol. The molecule has 1 N–H and O–H groups in total. The topological polar surface area (TPSA) is 80.7 Å². The average Bonchev–Trinajstić information content (AvgIpc) is 2.88. The van der Waals surface area contributed by atoms with Crippen LogP contribution in [-0.4, -0.2) is 30.6 Å². The second-order valence-electron chi connectivity index (χ2n) is 5.07. The minimum Gasteiger partial charge on any atom is -0.423 e. The van der Waals surface area contributed by atoms with Gasteiger partial charge >= 0.3 is 27.7 Å². The van der Waals surface area contributed by atoms with Crippen LogP contribution in [0.4, 0.5) is 13.2 Å². The third-order valence-corrected chi connectivity index (χ3v) is 4.74. The zero-order chi connectivity index (χ0) is 14.4. The summed E-state index contributed by atoms with van der Waals surface area (Å²) < 4.78 is 71.5. The Labute approximate surface area is 107 Å². The Morgan fingerprint density at radius 3 is 2.37 bits per heavy atom. The maximum absolute atomic E-state index is 13.1. The Kier molecular flexibility index (Phi) is 3.54. The van der Waals surface area contributed by atoms with Crippen LogP contribution in [0.15, 0.2) is 0 Å². The van der Waals surface area contributed by atoms with Gasteiger partial charge in [0, 0.05) is 0 Å². The van der Waals surface area contributed by atoms with Crippen molar-refractivity contribution in [3.63, 3.8) is 0 Å². The van der Waals surface area contributed by atoms with Crippen LogP contribution in [0.5, 0.6) is 0 Å². The summed E-state index contributed by atoms with van der Waals surface area (Å²) in [7, 11) is -5.97. The van der Waals surface area contributed by atoms with E-state index in [-0.39, 0.29) is 5.92 Å². The molecule has 0 radical (unpaired) electrons. The van der Waals surface area contributed by atoms with Crippen molar-refractivity contribution in [2.75, 3.05) is 0 Å². The largest absolute Gasteiger partial charge is 0.435 e. The van der Waals surface area contributed by atoms with Gasteiger partial charge in [-0.1, -0.05) is 6.42 Å². The SMILES string of the molecule is O=C(OC(F)C(F)(F)S(=O)(=O)O)C1CC2CCC1C2. The molecule has 2 aliphatic carbocycles. The van der Waals surface area contributed by atoms with Gasteiger partial charge in [0.25, 0.3) is 0 Å². The number of alkyl halides is 3. The van der Waals surface area contributed by atoms with E-state index in [1.54, 1.807) is 0 Å². The summed E-state index contributed by atoms with van der Waals surface area (Å²) in [4.78, 5) is 11.5. The number of esters is 1. The number of carbonyl (C=O) groups is 1. The first-order chi connectivity index (χ1) is 8.63. The van der Waals surface area contributed by atoms with Gasteiger partial charge in [0.15, 0.2) is 0 Å². The zero-order valence-electron chi connectivity index (χ0n) is 9.76. The first-order valence-electron chi connectivity index (χ1n) is 5.82. The first-order valence-corrected chi connectivity index (χ1v) is 7.26. The summed E-state index contributed by atoms with van der Waals surface area (Å²) >= 11 is 0. The predicted molar refractivity (Wildman–Crippen MR) is 56.4 cm³/mol. The van der Waals surface area contributed by atoms with Crippen molar-refractivity contribution in [3.8, 4) is 0 Å². The van der Waals surface area contributed by atoms with Crippen LogP contribution in [0.3, 0.4) is 0 Å². The van der Waals surface area contributed by atoms with Crippen LogP contribution >= 0.6 is 0 Å². The van der Waals surface area contributed by atoms with Crippen LogP contribution in [0.25, 0.3) is 0 Å². The quantitative estimate of drug-likeness (QED) is 0.632. The molecule has 9 heteroatoms. The van der Waals surface area contributed by atoms with E-state index in [1.807, 2.05) is 0 Å². The van der Waals surface area contributed by atoms with Crippen molar-refractivity contribution < 1.29 is 35.7 Å². The highest BCUT2D eigenvalue weighted by Gasteiger charge is 2.56. The van der Waals surface area contributed by atoms with Gasteiger partial charge in [-0.05, 0) is 31.1 Å². The van der Waals surface area contributed by atoms with Crippen molar-refractivity contribution in [2.45, 2.75) is 37.3 Å². The fraction of sp³-hybridized carbons (Fsp3) is 0.900. The van der Waals surface area contributed by atoms with Gasteiger partial charge < -0.3 is 4.74 Å². The Morgan fingerprint density at radius 1 is 1.32 bits per heavy atom. The number of hydrogen-bond donors (Lipinski definition) is 1. The van der Waals surface area contributed by atoms with Gasteiger partial charge in [-0.25, -0.2) is 0 Å². The molecule has 110 valence electrons. The van der Waals surface area contributed by atoms with E-state index in [9.17, 15) is 26.4 Å². The van der Waals surface area contributed by atoms with Gasteiger partial charge in [-0.15, -0.1) is 0 Å². The summed E-state index contributed by atoms with van der Waals surface area (Å²) in [6.45, 7) is 0. The average molecular weight is 302 g/mol. The smallest absolute Gasteiger partial charge is 0.423 e. The van der Waals surface area contributed by atoms with E-state index >= 15 is 0 Å². The second kappa shape index (κ2) is 4.62. The van der Waals surface area contributed by atoms with E-state index in [1.165, 1.54) is 0 Å². The molecule has 2 fully saturated rings. The molecule has 0 aromatic heterocycles. The molecule has 4 atom stereocenters. The molecule has 19 heavy (non-hydrogen) atoms.